The van der Waals surface area contributed by atoms with E-state index in [1.54, 1.807) is 38.4 Å². The van der Waals surface area contributed by atoms with Crippen LogP contribution < -0.4 is 31.9 Å². The lowest BCUT2D eigenvalue weighted by Gasteiger charge is -2.25. The predicted octanol–water partition coefficient (Wildman–Crippen LogP) is -2.34. The second kappa shape index (κ2) is 19.5. The van der Waals surface area contributed by atoms with Crippen molar-refractivity contribution in [3.8, 4) is 0 Å². The fourth-order valence-electron chi connectivity index (χ4n) is 5.56. The molecule has 19 heteroatoms. The van der Waals surface area contributed by atoms with E-state index < -0.39 is 66.9 Å². The zero-order valence-electron chi connectivity index (χ0n) is 29.6. The van der Waals surface area contributed by atoms with Gasteiger partial charge in [0.2, 0.25) is 42.4 Å². The highest BCUT2D eigenvalue weighted by Gasteiger charge is 2.25. The molecule has 2 unspecified atom stereocenters. The molecule has 0 aliphatic carbocycles. The van der Waals surface area contributed by atoms with Gasteiger partial charge in [-0.05, 0) is 42.3 Å². The minimum atomic E-state index is -1.21. The Bertz CT molecular complexity index is 1950. The highest BCUT2D eigenvalue weighted by atomic mass is 16.3. The van der Waals surface area contributed by atoms with E-state index in [1.807, 2.05) is 18.2 Å². The number of aliphatic hydroxyl groups excluding tert-OH is 2. The minimum absolute atomic E-state index is 0.0594. The fourth-order valence-corrected chi connectivity index (χ4v) is 5.56. The Morgan fingerprint density at radius 2 is 1.59 bits per heavy atom. The number of rotatable bonds is 21. The van der Waals surface area contributed by atoms with Gasteiger partial charge in [0.05, 0.1) is 51.3 Å². The van der Waals surface area contributed by atoms with E-state index in [0.717, 1.165) is 10.9 Å². The minimum Gasteiger partial charge on any atom is -0.456 e. The molecule has 0 radical (unpaired) electrons. The van der Waals surface area contributed by atoms with Crippen molar-refractivity contribution in [3.05, 3.63) is 65.7 Å². The second-order valence-electron chi connectivity index (χ2n) is 12.4. The summed E-state index contributed by atoms with van der Waals surface area (Å²) in [6.07, 6.45) is 4.01. The maximum atomic E-state index is 13.5. The second-order valence-corrected chi connectivity index (χ2v) is 12.4. The number of fused-ring (bicyclic) bond motifs is 3. The lowest BCUT2D eigenvalue weighted by Crippen LogP contribution is -2.53. The third kappa shape index (κ3) is 10.8. The van der Waals surface area contributed by atoms with Gasteiger partial charge in [-0.15, -0.1) is 0 Å². The Balaban J connectivity index is 1.46. The van der Waals surface area contributed by atoms with Gasteiger partial charge in [-0.25, -0.2) is 4.98 Å². The summed E-state index contributed by atoms with van der Waals surface area (Å²) in [5, 5.41) is 35.1. The molecule has 7 amide bonds. The molecule has 2 heterocycles. The van der Waals surface area contributed by atoms with Crippen LogP contribution in [-0.4, -0.2) is 125 Å². The zero-order chi connectivity index (χ0) is 39.2. The van der Waals surface area contributed by atoms with Crippen LogP contribution in [0.1, 0.15) is 29.8 Å². The van der Waals surface area contributed by atoms with Gasteiger partial charge in [-0.3, -0.25) is 33.6 Å². The van der Waals surface area contributed by atoms with E-state index in [9.17, 15) is 38.7 Å². The quantitative estimate of drug-likeness (QED) is 0.0407. The molecule has 4 atom stereocenters. The molecular formula is C35H43N9O10. The van der Waals surface area contributed by atoms with Crippen LogP contribution in [0.5, 0.6) is 0 Å². The maximum absolute atomic E-state index is 13.5. The number of furan rings is 1. The Morgan fingerprint density at radius 1 is 0.852 bits per heavy atom. The van der Waals surface area contributed by atoms with Crippen molar-refractivity contribution >= 4 is 64.3 Å². The molecule has 4 rings (SSSR count). The number of hydrogen-bond donors (Lipinski definition) is 9. The number of amides is 7. The molecule has 0 saturated carbocycles. The van der Waals surface area contributed by atoms with Crippen molar-refractivity contribution in [1.29, 1.82) is 0 Å². The molecule has 2 aromatic carbocycles. The number of aromatic amines is 1. The van der Waals surface area contributed by atoms with E-state index in [2.05, 4.69) is 41.9 Å². The number of nitrogens with one attached hydrogen (secondary N) is 7. The molecule has 4 aromatic rings. The number of nitrogens with zero attached hydrogens (tertiary/aromatic N) is 2. The van der Waals surface area contributed by atoms with Crippen LogP contribution >= 0.6 is 0 Å². The molecule has 0 aliphatic heterocycles. The molecule has 2 aromatic heterocycles. The van der Waals surface area contributed by atoms with Gasteiger partial charge in [-0.1, -0.05) is 12.1 Å². The van der Waals surface area contributed by atoms with Crippen molar-refractivity contribution in [3.63, 3.8) is 0 Å². The number of benzene rings is 2. The number of aliphatic hydroxyl groups is 2. The first kappa shape index (κ1) is 40.4. The summed E-state index contributed by atoms with van der Waals surface area (Å²) in [5.41, 5.74) is 3.25. The molecule has 19 nitrogen and oxygen atoms in total. The van der Waals surface area contributed by atoms with Gasteiger partial charge in [0.15, 0.2) is 0 Å². The van der Waals surface area contributed by atoms with Gasteiger partial charge in [0.1, 0.15) is 23.2 Å². The number of hydrogen-bond acceptors (Lipinski definition) is 11. The monoisotopic (exact) mass is 749 g/mol. The Morgan fingerprint density at radius 3 is 2.26 bits per heavy atom. The topological polar surface area (TPSA) is 277 Å². The van der Waals surface area contributed by atoms with Gasteiger partial charge in [0.25, 0.3) is 0 Å². The molecule has 0 spiro atoms. The van der Waals surface area contributed by atoms with Crippen LogP contribution in [0.15, 0.2) is 53.3 Å². The Hall–Kier alpha value is -6.34. The summed E-state index contributed by atoms with van der Waals surface area (Å²) >= 11 is 0. The third-order valence-corrected chi connectivity index (χ3v) is 8.67. The van der Waals surface area contributed by atoms with E-state index in [4.69, 9.17) is 9.52 Å². The van der Waals surface area contributed by atoms with Gasteiger partial charge < -0.3 is 56.4 Å². The predicted molar refractivity (Wildman–Crippen MR) is 192 cm³/mol. The third-order valence-electron chi connectivity index (χ3n) is 8.67. The van der Waals surface area contributed by atoms with Crippen molar-refractivity contribution in [2.45, 2.75) is 43.9 Å². The zero-order valence-corrected chi connectivity index (χ0v) is 29.6. The molecule has 0 aliphatic rings. The number of likely N-dealkylation sites (N-methyl/N-ethyl adjacent to an activating group) is 1. The Labute approximate surface area is 308 Å². The van der Waals surface area contributed by atoms with Crippen molar-refractivity contribution in [2.24, 2.45) is 0 Å². The molecule has 54 heavy (non-hydrogen) atoms. The Kier molecular flexibility index (Phi) is 14.6. The first-order valence-corrected chi connectivity index (χ1v) is 16.9. The highest BCUT2D eigenvalue weighted by molar-refractivity contribution is 6.05. The van der Waals surface area contributed by atoms with Crippen LogP contribution in [0.3, 0.4) is 0 Å². The summed E-state index contributed by atoms with van der Waals surface area (Å²) in [6.45, 7) is -0.386. The van der Waals surface area contributed by atoms with Crippen LogP contribution in [0, 0.1) is 0 Å². The molecular weight excluding hydrogens is 706 g/mol. The number of carbonyl (C=O) groups is 7. The molecule has 0 fully saturated rings. The van der Waals surface area contributed by atoms with E-state index in [-0.39, 0.29) is 38.9 Å². The van der Waals surface area contributed by atoms with Crippen LogP contribution in [0.2, 0.25) is 0 Å². The first-order valence-electron chi connectivity index (χ1n) is 16.9. The van der Waals surface area contributed by atoms with E-state index >= 15 is 0 Å². The number of imidazole rings is 1. The SMILES string of the molecule is CC(c1ccc2oc3ccc(CC(NC(=O)CNC=O)C(=O)N[C@H](CO)Cc4cnc[nH]4)cc3c2c1)N(C)C(=O)CNC(=O)CNC(=O)[C@@H](CO)NC=O. The lowest BCUT2D eigenvalue weighted by atomic mass is 10.00. The van der Waals surface area contributed by atoms with E-state index in [1.165, 1.54) is 11.2 Å². The lowest BCUT2D eigenvalue weighted by molar-refractivity contribution is -0.133. The summed E-state index contributed by atoms with van der Waals surface area (Å²) in [6, 6.07) is 7.40. The smallest absolute Gasteiger partial charge is 0.245 e. The summed E-state index contributed by atoms with van der Waals surface area (Å²) in [7, 11) is 1.58. The number of H-pyrrole nitrogens is 1. The van der Waals surface area contributed by atoms with Crippen molar-refractivity contribution < 1.29 is 48.2 Å². The normalized spacial score (nSPS) is 13.2. The first-order chi connectivity index (χ1) is 26.0. The average Bonchev–Trinajstić information content (AvgIpc) is 3.83. The van der Waals surface area contributed by atoms with E-state index in [0.29, 0.717) is 34.2 Å². The van der Waals surface area contributed by atoms with Crippen molar-refractivity contribution in [1.82, 2.24) is 46.8 Å². The highest BCUT2D eigenvalue weighted by Crippen LogP contribution is 2.32. The molecule has 9 N–H and O–H groups in total. The summed E-state index contributed by atoms with van der Waals surface area (Å²) in [4.78, 5) is 92.8. The molecule has 0 bridgehead atoms. The largest absolute Gasteiger partial charge is 0.456 e. The number of aromatic nitrogens is 2. The van der Waals surface area contributed by atoms with Crippen molar-refractivity contribution in [2.75, 3.05) is 39.9 Å². The maximum Gasteiger partial charge on any atom is 0.245 e. The standard InChI is InChI=1S/C35H43N9O10/c1-20(44(2)33(51)14-38-31(49)13-39-34(52)28(16-46)41-19-48)22-4-6-30-26(9-22)25-7-21(3-5-29(25)54-30)8-27(43-32(50)12-37-18-47)35(53)42-24(15-45)10-23-11-36-17-40-23/h3-7,9,11,17-20,24,27-28,45-46H,8,10,12-16H2,1-2H3,(H,36,40)(H,37,47)(H,38,49)(H,39,52)(H,41,48)(H,42,53)(H,43,50)/t20?,24-,27?,28+/m0/s1. The molecule has 288 valence electrons. The van der Waals surface area contributed by atoms with Gasteiger partial charge >= 0.3 is 0 Å². The van der Waals surface area contributed by atoms with Crippen LogP contribution in [0.4, 0.5) is 0 Å². The van der Waals surface area contributed by atoms with Gasteiger partial charge in [-0.2, -0.15) is 0 Å². The number of carbonyl (C=O) groups excluding carboxylic acids is 7. The summed E-state index contributed by atoms with van der Waals surface area (Å²) < 4.78 is 6.05. The average molecular weight is 750 g/mol. The fraction of sp³-hybridized carbons (Fsp3) is 0.371. The van der Waals surface area contributed by atoms with Crippen LogP contribution in [-0.2, 0) is 46.4 Å². The van der Waals surface area contributed by atoms with Gasteiger partial charge in [0, 0.05) is 42.6 Å². The summed E-state index contributed by atoms with van der Waals surface area (Å²) in [5.74, 6) is -2.96. The van der Waals surface area contributed by atoms with Crippen LogP contribution in [0.25, 0.3) is 21.9 Å². The molecule has 0 saturated heterocycles.